The summed E-state index contributed by atoms with van der Waals surface area (Å²) in [6, 6.07) is 12.0. The lowest BCUT2D eigenvalue weighted by Gasteiger charge is -1.99. The number of aromatic nitrogens is 2. The van der Waals surface area contributed by atoms with Gasteiger partial charge in [-0.15, -0.1) is 0 Å². The largest absolute Gasteiger partial charge is 0.464 e. The second-order valence-corrected chi connectivity index (χ2v) is 4.47. The fraction of sp³-hybridized carbons (Fsp3) is 0.133. The van der Waals surface area contributed by atoms with Crippen molar-refractivity contribution in [3.8, 4) is 0 Å². The van der Waals surface area contributed by atoms with Gasteiger partial charge in [0.2, 0.25) is 0 Å². The van der Waals surface area contributed by atoms with Gasteiger partial charge in [-0.05, 0) is 35.9 Å². The number of rotatable bonds is 3. The summed E-state index contributed by atoms with van der Waals surface area (Å²) in [7, 11) is 1.38. The summed E-state index contributed by atoms with van der Waals surface area (Å²) in [5, 5.41) is 1.02. The summed E-state index contributed by atoms with van der Waals surface area (Å²) in [5.74, 6) is -0.345. The number of benzene rings is 1. The first-order valence-corrected chi connectivity index (χ1v) is 6.08. The van der Waals surface area contributed by atoms with E-state index in [1.54, 1.807) is 0 Å². The molecule has 0 saturated heterocycles. The van der Waals surface area contributed by atoms with Crippen molar-refractivity contribution in [3.05, 3.63) is 59.5 Å². The molecule has 0 bridgehead atoms. The van der Waals surface area contributed by atoms with Crippen LogP contribution in [0.3, 0.4) is 0 Å². The van der Waals surface area contributed by atoms with Crippen LogP contribution >= 0.6 is 0 Å². The zero-order valence-electron chi connectivity index (χ0n) is 10.6. The highest BCUT2D eigenvalue weighted by Crippen LogP contribution is 2.19. The maximum Gasteiger partial charge on any atom is 0.354 e. The summed E-state index contributed by atoms with van der Waals surface area (Å²) in [6.45, 7) is 0. The third-order valence-corrected chi connectivity index (χ3v) is 3.15. The summed E-state index contributed by atoms with van der Waals surface area (Å²) >= 11 is 0. The van der Waals surface area contributed by atoms with E-state index >= 15 is 0 Å². The van der Waals surface area contributed by atoms with E-state index in [9.17, 15) is 4.79 Å². The van der Waals surface area contributed by atoms with Crippen LogP contribution in [0, 0.1) is 0 Å². The highest BCUT2D eigenvalue weighted by Gasteiger charge is 2.09. The number of carbonyl (C=O) groups excluding carboxylic acids is 1. The molecule has 2 aromatic heterocycles. The summed E-state index contributed by atoms with van der Waals surface area (Å²) in [5.41, 5.74) is 3.79. The van der Waals surface area contributed by atoms with Gasteiger partial charge in [-0.3, -0.25) is 0 Å². The Morgan fingerprint density at radius 1 is 1.26 bits per heavy atom. The van der Waals surface area contributed by atoms with Crippen LogP contribution in [0.25, 0.3) is 10.9 Å². The molecule has 3 aromatic rings. The SMILES string of the molecule is COC(=O)c1cc2cc(Cc3ccc[nH]3)ccc2[nH]1. The number of carbonyl (C=O) groups is 1. The Morgan fingerprint density at radius 3 is 2.89 bits per heavy atom. The molecule has 0 atom stereocenters. The van der Waals surface area contributed by atoms with Crippen molar-refractivity contribution in [2.45, 2.75) is 6.42 Å². The Labute approximate surface area is 110 Å². The Hall–Kier alpha value is -2.49. The smallest absolute Gasteiger partial charge is 0.354 e. The van der Waals surface area contributed by atoms with Crippen LogP contribution in [0.1, 0.15) is 21.7 Å². The number of H-pyrrole nitrogens is 2. The number of fused-ring (bicyclic) bond motifs is 1. The Balaban J connectivity index is 1.94. The summed E-state index contributed by atoms with van der Waals surface area (Å²) < 4.78 is 4.71. The third-order valence-electron chi connectivity index (χ3n) is 3.15. The van der Waals surface area contributed by atoms with E-state index in [-0.39, 0.29) is 5.97 Å². The molecule has 0 aliphatic carbocycles. The number of esters is 1. The number of aromatic amines is 2. The molecule has 0 aliphatic heterocycles. The molecule has 0 radical (unpaired) electrons. The van der Waals surface area contributed by atoms with Crippen molar-refractivity contribution in [1.82, 2.24) is 9.97 Å². The van der Waals surface area contributed by atoms with Gasteiger partial charge in [-0.1, -0.05) is 6.07 Å². The van der Waals surface area contributed by atoms with Gasteiger partial charge in [-0.25, -0.2) is 4.79 Å². The summed E-state index contributed by atoms with van der Waals surface area (Å²) in [4.78, 5) is 17.7. The van der Waals surface area contributed by atoms with Gasteiger partial charge < -0.3 is 14.7 Å². The molecule has 3 rings (SSSR count). The van der Waals surface area contributed by atoms with Crippen LogP contribution in [0.15, 0.2) is 42.6 Å². The van der Waals surface area contributed by atoms with E-state index in [0.717, 1.165) is 17.3 Å². The molecule has 1 aromatic carbocycles. The van der Waals surface area contributed by atoms with Gasteiger partial charge in [0.1, 0.15) is 5.69 Å². The average Bonchev–Trinajstić information content (AvgIpc) is 3.06. The predicted molar refractivity (Wildman–Crippen MR) is 73.2 cm³/mol. The van der Waals surface area contributed by atoms with Crippen molar-refractivity contribution in [2.75, 3.05) is 7.11 Å². The van der Waals surface area contributed by atoms with Gasteiger partial charge >= 0.3 is 5.97 Å². The maximum absolute atomic E-state index is 11.5. The highest BCUT2D eigenvalue weighted by atomic mass is 16.5. The molecule has 0 aliphatic rings. The Bertz CT molecular complexity index is 711. The van der Waals surface area contributed by atoms with E-state index in [2.05, 4.69) is 28.2 Å². The van der Waals surface area contributed by atoms with E-state index in [4.69, 9.17) is 4.74 Å². The minimum atomic E-state index is -0.345. The molecule has 0 fully saturated rings. The zero-order valence-corrected chi connectivity index (χ0v) is 10.6. The molecule has 0 spiro atoms. The second-order valence-electron chi connectivity index (χ2n) is 4.47. The van der Waals surface area contributed by atoms with E-state index in [1.807, 2.05) is 24.4 Å². The molecule has 0 saturated carbocycles. The fourth-order valence-corrected chi connectivity index (χ4v) is 2.21. The van der Waals surface area contributed by atoms with E-state index in [0.29, 0.717) is 5.69 Å². The molecule has 2 N–H and O–H groups in total. The molecule has 4 nitrogen and oxygen atoms in total. The quantitative estimate of drug-likeness (QED) is 0.706. The van der Waals surface area contributed by atoms with Gasteiger partial charge in [-0.2, -0.15) is 0 Å². The first-order valence-electron chi connectivity index (χ1n) is 6.08. The predicted octanol–water partition coefficient (Wildman–Crippen LogP) is 2.87. The molecular formula is C15H14N2O2. The fourth-order valence-electron chi connectivity index (χ4n) is 2.21. The van der Waals surface area contributed by atoms with Gasteiger partial charge in [0.15, 0.2) is 0 Å². The lowest BCUT2D eigenvalue weighted by atomic mass is 10.1. The van der Waals surface area contributed by atoms with Crippen LogP contribution in [-0.2, 0) is 11.2 Å². The molecule has 2 heterocycles. The van der Waals surface area contributed by atoms with Crippen LogP contribution in [0.2, 0.25) is 0 Å². The Kier molecular flexibility index (Phi) is 2.83. The lowest BCUT2D eigenvalue weighted by Crippen LogP contribution is -2.00. The topological polar surface area (TPSA) is 57.9 Å². The molecule has 19 heavy (non-hydrogen) atoms. The average molecular weight is 254 g/mol. The second kappa shape index (κ2) is 4.65. The lowest BCUT2D eigenvalue weighted by molar-refractivity contribution is 0.0595. The number of hydrogen-bond donors (Lipinski definition) is 2. The zero-order chi connectivity index (χ0) is 13.2. The number of hydrogen-bond acceptors (Lipinski definition) is 2. The molecule has 4 heteroatoms. The van der Waals surface area contributed by atoms with Crippen LogP contribution in [-0.4, -0.2) is 23.0 Å². The van der Waals surface area contributed by atoms with Crippen LogP contribution < -0.4 is 0 Å². The normalized spacial score (nSPS) is 10.8. The third kappa shape index (κ3) is 2.25. The molecular weight excluding hydrogens is 240 g/mol. The van der Waals surface area contributed by atoms with E-state index < -0.39 is 0 Å². The van der Waals surface area contributed by atoms with Crippen LogP contribution in [0.5, 0.6) is 0 Å². The Morgan fingerprint density at radius 2 is 2.16 bits per heavy atom. The molecule has 0 amide bonds. The minimum Gasteiger partial charge on any atom is -0.464 e. The van der Waals surface area contributed by atoms with Crippen molar-refractivity contribution >= 4 is 16.9 Å². The monoisotopic (exact) mass is 254 g/mol. The number of nitrogens with one attached hydrogen (secondary N) is 2. The van der Waals surface area contributed by atoms with Crippen LogP contribution in [0.4, 0.5) is 0 Å². The molecule has 96 valence electrons. The van der Waals surface area contributed by atoms with E-state index in [1.165, 1.54) is 18.4 Å². The standard InChI is InChI=1S/C15H14N2O2/c1-19-15(18)14-9-11-7-10(4-5-13(11)17-14)8-12-3-2-6-16-12/h2-7,9,16-17H,8H2,1H3. The van der Waals surface area contributed by atoms with Crippen molar-refractivity contribution in [1.29, 1.82) is 0 Å². The number of methoxy groups -OCH3 is 1. The van der Waals surface area contributed by atoms with Crippen molar-refractivity contribution < 1.29 is 9.53 Å². The maximum atomic E-state index is 11.5. The first kappa shape index (κ1) is 11.6. The number of ether oxygens (including phenoxy) is 1. The van der Waals surface area contributed by atoms with Crippen molar-refractivity contribution in [2.24, 2.45) is 0 Å². The minimum absolute atomic E-state index is 0.345. The van der Waals surface area contributed by atoms with Crippen molar-refractivity contribution in [3.63, 3.8) is 0 Å². The van der Waals surface area contributed by atoms with Gasteiger partial charge in [0.25, 0.3) is 0 Å². The van der Waals surface area contributed by atoms with Gasteiger partial charge in [0.05, 0.1) is 7.11 Å². The first-order chi connectivity index (χ1) is 9.26. The highest BCUT2D eigenvalue weighted by molar-refractivity contribution is 5.94. The van der Waals surface area contributed by atoms with Gasteiger partial charge in [0, 0.05) is 29.2 Å². The molecule has 0 unspecified atom stereocenters. The summed E-state index contributed by atoms with van der Waals surface area (Å²) in [6.07, 6.45) is 2.77.